The summed E-state index contributed by atoms with van der Waals surface area (Å²) in [6, 6.07) is 1.90. The molecule has 4 heterocycles. The van der Waals surface area contributed by atoms with Crippen molar-refractivity contribution in [3.05, 3.63) is 23.1 Å². The molecule has 0 saturated carbocycles. The van der Waals surface area contributed by atoms with Gasteiger partial charge in [0.25, 0.3) is 0 Å². The highest BCUT2D eigenvalue weighted by atomic mass is 79.9. The highest BCUT2D eigenvalue weighted by Crippen LogP contribution is 2.30. The molecule has 0 spiro atoms. The van der Waals surface area contributed by atoms with Crippen molar-refractivity contribution >= 4 is 44.7 Å². The molecule has 0 atom stereocenters. The molecule has 0 aliphatic carbocycles. The maximum atomic E-state index is 10.8. The number of rotatable bonds is 2. The molecular formula is C13H12BrN7O2. The van der Waals surface area contributed by atoms with Gasteiger partial charge < -0.3 is 15.3 Å². The number of pyridine rings is 1. The van der Waals surface area contributed by atoms with E-state index >= 15 is 0 Å². The number of nitrogens with one attached hydrogen (secondary N) is 1. The first kappa shape index (κ1) is 14.1. The van der Waals surface area contributed by atoms with Crippen LogP contribution in [0.1, 0.15) is 6.92 Å². The molecule has 0 unspecified atom stereocenters. The molecule has 1 aliphatic rings. The molecule has 3 aromatic heterocycles. The lowest BCUT2D eigenvalue weighted by Crippen LogP contribution is -2.68. The molecule has 23 heavy (non-hydrogen) atoms. The van der Waals surface area contributed by atoms with Crippen LogP contribution in [0.3, 0.4) is 0 Å². The molecule has 0 radical (unpaired) electrons. The van der Waals surface area contributed by atoms with E-state index in [4.69, 9.17) is 5.11 Å². The van der Waals surface area contributed by atoms with Crippen molar-refractivity contribution in [3.8, 4) is 0 Å². The third-order valence-electron chi connectivity index (χ3n) is 3.82. The molecule has 3 aromatic rings. The molecule has 9 nitrogen and oxygen atoms in total. The summed E-state index contributed by atoms with van der Waals surface area (Å²) >= 11 is 3.40. The van der Waals surface area contributed by atoms with Gasteiger partial charge in [0.05, 0.1) is 11.1 Å². The number of carboxylic acid groups (broad SMARTS) is 1. The Bertz CT molecular complexity index is 935. The van der Waals surface area contributed by atoms with Crippen LogP contribution in [-0.2, 0) is 0 Å². The fourth-order valence-corrected chi connectivity index (χ4v) is 3.21. The van der Waals surface area contributed by atoms with E-state index in [-0.39, 0.29) is 0 Å². The average molecular weight is 378 g/mol. The van der Waals surface area contributed by atoms with Gasteiger partial charge in [0.15, 0.2) is 11.5 Å². The molecule has 4 rings (SSSR count). The number of hydrogen-bond donors (Lipinski definition) is 2. The highest BCUT2D eigenvalue weighted by molar-refractivity contribution is 9.10. The summed E-state index contributed by atoms with van der Waals surface area (Å²) in [6.45, 7) is 2.88. The Kier molecular flexibility index (Phi) is 2.92. The van der Waals surface area contributed by atoms with Crippen molar-refractivity contribution in [2.45, 2.75) is 12.5 Å². The quantitative estimate of drug-likeness (QED) is 0.692. The molecule has 1 amide bonds. The van der Waals surface area contributed by atoms with Crippen LogP contribution in [0.15, 0.2) is 23.1 Å². The second-order valence-electron chi connectivity index (χ2n) is 5.80. The zero-order chi connectivity index (χ0) is 16.2. The minimum absolute atomic E-state index is 0.493. The van der Waals surface area contributed by atoms with E-state index in [1.807, 2.05) is 22.3 Å². The maximum Gasteiger partial charge on any atom is 0.405 e. The minimum Gasteiger partial charge on any atom is -0.465 e. The Hall–Kier alpha value is -2.49. The monoisotopic (exact) mass is 377 g/mol. The van der Waals surface area contributed by atoms with Crippen LogP contribution < -0.4 is 10.2 Å². The molecule has 1 aliphatic heterocycles. The van der Waals surface area contributed by atoms with Crippen LogP contribution in [-0.4, -0.2) is 54.4 Å². The van der Waals surface area contributed by atoms with Gasteiger partial charge in [0.1, 0.15) is 6.33 Å². The van der Waals surface area contributed by atoms with Crippen LogP contribution >= 0.6 is 15.9 Å². The van der Waals surface area contributed by atoms with Crippen molar-refractivity contribution in [1.29, 1.82) is 0 Å². The third kappa shape index (κ3) is 2.25. The Labute approximate surface area is 138 Å². The number of nitrogens with zero attached hydrogens (tertiary/aromatic N) is 6. The smallest absolute Gasteiger partial charge is 0.405 e. The van der Waals surface area contributed by atoms with Gasteiger partial charge in [-0.1, -0.05) is 0 Å². The summed E-state index contributed by atoms with van der Waals surface area (Å²) in [5.74, 6) is 0.648. The van der Waals surface area contributed by atoms with Crippen LogP contribution in [0.5, 0.6) is 0 Å². The van der Waals surface area contributed by atoms with Crippen LogP contribution in [0, 0.1) is 0 Å². The van der Waals surface area contributed by atoms with E-state index in [9.17, 15) is 4.79 Å². The fourth-order valence-electron chi connectivity index (χ4n) is 2.89. The number of halogens is 1. The molecule has 10 heteroatoms. The van der Waals surface area contributed by atoms with E-state index in [0.29, 0.717) is 30.2 Å². The van der Waals surface area contributed by atoms with Gasteiger partial charge in [-0.15, -0.1) is 10.2 Å². The number of fused-ring (bicyclic) bond motifs is 3. The SMILES string of the molecule is CC1(NC(=O)O)CN(c2nc3ncc(Br)cc3n3cnnc23)C1. The lowest BCUT2D eigenvalue weighted by atomic mass is 9.92. The Morgan fingerprint density at radius 2 is 2.26 bits per heavy atom. The summed E-state index contributed by atoms with van der Waals surface area (Å²) in [5.41, 5.74) is 1.51. The van der Waals surface area contributed by atoms with Crippen molar-refractivity contribution in [2.24, 2.45) is 0 Å². The summed E-state index contributed by atoms with van der Waals surface area (Å²) in [4.78, 5) is 21.7. The second-order valence-corrected chi connectivity index (χ2v) is 6.72. The summed E-state index contributed by atoms with van der Waals surface area (Å²) < 4.78 is 2.67. The minimum atomic E-state index is -1.03. The number of anilines is 1. The highest BCUT2D eigenvalue weighted by Gasteiger charge is 2.42. The number of amides is 1. The van der Waals surface area contributed by atoms with Crippen molar-refractivity contribution in [2.75, 3.05) is 18.0 Å². The van der Waals surface area contributed by atoms with Gasteiger partial charge in [-0.2, -0.15) is 0 Å². The van der Waals surface area contributed by atoms with Crippen LogP contribution in [0.25, 0.3) is 16.8 Å². The summed E-state index contributed by atoms with van der Waals surface area (Å²) in [7, 11) is 0. The van der Waals surface area contributed by atoms with E-state index in [0.717, 1.165) is 9.99 Å². The normalized spacial score (nSPS) is 16.5. The number of carbonyl (C=O) groups is 1. The predicted molar refractivity (Wildman–Crippen MR) is 85.6 cm³/mol. The predicted octanol–water partition coefficient (Wildman–Crippen LogP) is 1.28. The van der Waals surface area contributed by atoms with Crippen molar-refractivity contribution < 1.29 is 9.90 Å². The van der Waals surface area contributed by atoms with Gasteiger partial charge >= 0.3 is 6.09 Å². The molecular weight excluding hydrogens is 366 g/mol. The molecule has 118 valence electrons. The Morgan fingerprint density at radius 3 is 3.00 bits per heavy atom. The van der Waals surface area contributed by atoms with E-state index in [1.165, 1.54) is 0 Å². The van der Waals surface area contributed by atoms with Crippen LogP contribution in [0.4, 0.5) is 10.6 Å². The van der Waals surface area contributed by atoms with Gasteiger partial charge in [-0.3, -0.25) is 4.40 Å². The van der Waals surface area contributed by atoms with Gasteiger partial charge in [0.2, 0.25) is 5.65 Å². The van der Waals surface area contributed by atoms with E-state index in [2.05, 4.69) is 41.4 Å². The first-order chi connectivity index (χ1) is 11.0. The fraction of sp³-hybridized carbons (Fsp3) is 0.308. The zero-order valence-corrected chi connectivity index (χ0v) is 13.6. The average Bonchev–Trinajstić information content (AvgIpc) is 2.93. The summed E-state index contributed by atoms with van der Waals surface area (Å²) in [6.07, 6.45) is 2.27. The Balaban J connectivity index is 1.77. The first-order valence-electron chi connectivity index (χ1n) is 6.86. The van der Waals surface area contributed by atoms with E-state index < -0.39 is 11.6 Å². The molecule has 1 fully saturated rings. The first-order valence-corrected chi connectivity index (χ1v) is 7.66. The van der Waals surface area contributed by atoms with E-state index in [1.54, 1.807) is 12.5 Å². The number of hydrogen-bond acceptors (Lipinski definition) is 6. The van der Waals surface area contributed by atoms with Gasteiger partial charge in [0, 0.05) is 23.8 Å². The molecule has 2 N–H and O–H groups in total. The van der Waals surface area contributed by atoms with Crippen LogP contribution in [0.2, 0.25) is 0 Å². The largest absolute Gasteiger partial charge is 0.465 e. The second kappa shape index (κ2) is 4.75. The lowest BCUT2D eigenvalue weighted by molar-refractivity contribution is 0.172. The third-order valence-corrected chi connectivity index (χ3v) is 4.25. The molecule has 1 saturated heterocycles. The Morgan fingerprint density at radius 1 is 1.48 bits per heavy atom. The van der Waals surface area contributed by atoms with Crippen molar-refractivity contribution in [1.82, 2.24) is 29.9 Å². The van der Waals surface area contributed by atoms with Gasteiger partial charge in [-0.25, -0.2) is 14.8 Å². The van der Waals surface area contributed by atoms with Crippen molar-refractivity contribution in [3.63, 3.8) is 0 Å². The number of aromatic nitrogens is 5. The standard InChI is InChI=1S/C13H12BrN7O2/c1-13(18-12(22)23)4-20(5-13)10-11-19-16-6-21(11)8-2-7(14)3-15-9(8)17-10/h2-3,6,18H,4-5H2,1H3,(H,22,23). The summed E-state index contributed by atoms with van der Waals surface area (Å²) in [5, 5.41) is 19.5. The molecule has 0 aromatic carbocycles. The zero-order valence-electron chi connectivity index (χ0n) is 12.1. The lowest BCUT2D eigenvalue weighted by Gasteiger charge is -2.48. The maximum absolute atomic E-state index is 10.8. The molecule has 0 bridgehead atoms. The van der Waals surface area contributed by atoms with Gasteiger partial charge in [-0.05, 0) is 28.9 Å². The topological polar surface area (TPSA) is 109 Å².